The van der Waals surface area contributed by atoms with Crippen LogP contribution in [0, 0.1) is 70.5 Å². The van der Waals surface area contributed by atoms with Crippen molar-refractivity contribution in [3.63, 3.8) is 0 Å². The van der Waals surface area contributed by atoms with Gasteiger partial charge in [-0.2, -0.15) is 0 Å². The quantitative estimate of drug-likeness (QED) is 0.387. The minimum Gasteiger partial charge on any atom is -0.0628 e. The Kier molecular flexibility index (Phi) is 6.25. The van der Waals surface area contributed by atoms with E-state index < -0.39 is 0 Å². The minimum absolute atomic E-state index is 0.833. The second-order valence-corrected chi connectivity index (χ2v) is 15.1. The lowest BCUT2D eigenvalue weighted by atomic mass is 9.46. The van der Waals surface area contributed by atoms with Crippen LogP contribution in [-0.2, 0) is 0 Å². The molecule has 0 spiro atoms. The van der Waals surface area contributed by atoms with E-state index in [1.807, 2.05) is 0 Å². The minimum atomic E-state index is 0.833. The zero-order chi connectivity index (χ0) is 21.9. The third-order valence-corrected chi connectivity index (χ3v) is 12.7. The average Bonchev–Trinajstić information content (AvgIpc) is 3.24. The molecule has 7 rings (SSSR count). The summed E-state index contributed by atoms with van der Waals surface area (Å²) in [6.45, 7) is 7.65. The molecule has 32 heavy (non-hydrogen) atoms. The van der Waals surface area contributed by atoms with Gasteiger partial charge < -0.3 is 0 Å². The normalized spacial score (nSPS) is 52.5. The molecule has 7 unspecified atom stereocenters. The summed E-state index contributed by atoms with van der Waals surface area (Å²) in [5.41, 5.74) is 0.833. The van der Waals surface area contributed by atoms with Crippen molar-refractivity contribution < 1.29 is 0 Å². The lowest BCUT2D eigenvalue weighted by molar-refractivity contribution is -0.0866. The van der Waals surface area contributed by atoms with Crippen LogP contribution in [0.2, 0.25) is 0 Å². The molecule has 7 fully saturated rings. The molecular formula is C32H54. The highest BCUT2D eigenvalue weighted by Gasteiger charge is 2.55. The fourth-order valence-corrected chi connectivity index (χ4v) is 11.8. The van der Waals surface area contributed by atoms with E-state index >= 15 is 0 Å². The van der Waals surface area contributed by atoms with Crippen molar-refractivity contribution >= 4 is 0 Å². The van der Waals surface area contributed by atoms with Crippen LogP contribution in [0.1, 0.15) is 130 Å². The van der Waals surface area contributed by atoms with E-state index in [1.54, 1.807) is 89.9 Å². The summed E-state index contributed by atoms with van der Waals surface area (Å²) in [5.74, 6) is 11.8. The van der Waals surface area contributed by atoms with Gasteiger partial charge in [0.1, 0.15) is 0 Å². The summed E-state index contributed by atoms with van der Waals surface area (Å²) in [7, 11) is 0. The molecule has 182 valence electrons. The van der Waals surface area contributed by atoms with Gasteiger partial charge in [0.05, 0.1) is 0 Å². The zero-order valence-electron chi connectivity index (χ0n) is 21.9. The third-order valence-electron chi connectivity index (χ3n) is 12.7. The van der Waals surface area contributed by atoms with E-state index in [-0.39, 0.29) is 0 Å². The molecule has 0 aromatic heterocycles. The van der Waals surface area contributed by atoms with Gasteiger partial charge in [-0.05, 0) is 154 Å². The van der Waals surface area contributed by atoms with Gasteiger partial charge in [-0.15, -0.1) is 0 Å². The first-order valence-corrected chi connectivity index (χ1v) is 15.5. The van der Waals surface area contributed by atoms with E-state index in [0.717, 1.165) is 70.5 Å². The first-order chi connectivity index (χ1) is 15.5. The van der Waals surface area contributed by atoms with Gasteiger partial charge >= 0.3 is 0 Å². The molecule has 7 aliphatic carbocycles. The van der Waals surface area contributed by atoms with Crippen molar-refractivity contribution in [2.45, 2.75) is 130 Å². The van der Waals surface area contributed by atoms with Gasteiger partial charge in [-0.3, -0.25) is 0 Å². The van der Waals surface area contributed by atoms with Gasteiger partial charge in [-0.1, -0.05) is 46.5 Å². The topological polar surface area (TPSA) is 0 Å². The number of hydrogen-bond donors (Lipinski definition) is 0. The van der Waals surface area contributed by atoms with Crippen molar-refractivity contribution in [2.75, 3.05) is 0 Å². The van der Waals surface area contributed by atoms with E-state index in [1.165, 1.54) is 19.3 Å². The standard InChI is InChI=1S/C32H54/c1-21(2)12-28-17-27(22(3)30-6-4-5-7-31(28)30)10-8-23-9-11-29(16-23)32-18-24-13-25(19-32)15-26(14-24)20-32/h21-31H,4-20H2,1-3H3. The largest absolute Gasteiger partial charge is 0.0628 e. The summed E-state index contributed by atoms with van der Waals surface area (Å²) >= 11 is 0. The molecule has 0 aliphatic heterocycles. The molecule has 0 heterocycles. The molecule has 0 N–H and O–H groups in total. The molecule has 7 atom stereocenters. The number of rotatable bonds is 6. The Bertz CT molecular complexity index is 609. The SMILES string of the molecule is CC(C)CC1CC(CCC2CCC(C34CC5CC(CC(C5)C3)C4)C2)C(C)C2CCCCC12. The Balaban J connectivity index is 1.06. The average molecular weight is 439 g/mol. The van der Waals surface area contributed by atoms with E-state index in [9.17, 15) is 0 Å². The highest BCUT2D eigenvalue weighted by molar-refractivity contribution is 5.05. The fourth-order valence-electron chi connectivity index (χ4n) is 11.8. The molecule has 4 bridgehead atoms. The maximum Gasteiger partial charge on any atom is -0.0261 e. The molecule has 0 saturated heterocycles. The molecule has 0 nitrogen and oxygen atoms in total. The Morgan fingerprint density at radius 3 is 2.00 bits per heavy atom. The Morgan fingerprint density at radius 2 is 1.34 bits per heavy atom. The second kappa shape index (κ2) is 8.90. The first kappa shape index (κ1) is 22.5. The van der Waals surface area contributed by atoms with Gasteiger partial charge in [0, 0.05) is 0 Å². The molecule has 0 amide bonds. The van der Waals surface area contributed by atoms with Crippen LogP contribution in [0.4, 0.5) is 0 Å². The van der Waals surface area contributed by atoms with Gasteiger partial charge in [-0.25, -0.2) is 0 Å². The van der Waals surface area contributed by atoms with Crippen molar-refractivity contribution in [1.29, 1.82) is 0 Å². The van der Waals surface area contributed by atoms with Crippen LogP contribution in [0.3, 0.4) is 0 Å². The summed E-state index contributed by atoms with van der Waals surface area (Å²) in [4.78, 5) is 0. The van der Waals surface area contributed by atoms with E-state index in [2.05, 4.69) is 20.8 Å². The lowest BCUT2D eigenvalue weighted by Crippen LogP contribution is -2.49. The highest BCUT2D eigenvalue weighted by Crippen LogP contribution is 2.65. The molecule has 7 aliphatic rings. The van der Waals surface area contributed by atoms with E-state index in [4.69, 9.17) is 0 Å². The predicted molar refractivity (Wildman–Crippen MR) is 136 cm³/mol. The molecular weight excluding hydrogens is 384 g/mol. The predicted octanol–water partition coefficient (Wildman–Crippen LogP) is 9.52. The lowest BCUT2D eigenvalue weighted by Gasteiger charge is -2.59. The Hall–Kier alpha value is 0. The maximum absolute atomic E-state index is 2.69. The van der Waals surface area contributed by atoms with Crippen LogP contribution >= 0.6 is 0 Å². The monoisotopic (exact) mass is 438 g/mol. The van der Waals surface area contributed by atoms with Gasteiger partial charge in [0.25, 0.3) is 0 Å². The maximum atomic E-state index is 2.69. The summed E-state index contributed by atoms with van der Waals surface area (Å²) in [6.07, 6.45) is 27.1. The molecule has 7 saturated carbocycles. The van der Waals surface area contributed by atoms with Crippen molar-refractivity contribution in [3.8, 4) is 0 Å². The highest BCUT2D eigenvalue weighted by atomic mass is 14.6. The second-order valence-electron chi connectivity index (χ2n) is 15.1. The summed E-state index contributed by atoms with van der Waals surface area (Å²) in [6, 6.07) is 0. The summed E-state index contributed by atoms with van der Waals surface area (Å²) < 4.78 is 0. The third kappa shape index (κ3) is 4.15. The first-order valence-electron chi connectivity index (χ1n) is 15.5. The number of fused-ring (bicyclic) bond motifs is 1. The van der Waals surface area contributed by atoms with Crippen molar-refractivity contribution in [3.05, 3.63) is 0 Å². The summed E-state index contributed by atoms with van der Waals surface area (Å²) in [5, 5.41) is 0. The van der Waals surface area contributed by atoms with Crippen LogP contribution in [-0.4, -0.2) is 0 Å². The molecule has 0 aromatic rings. The van der Waals surface area contributed by atoms with Crippen molar-refractivity contribution in [2.24, 2.45) is 70.5 Å². The van der Waals surface area contributed by atoms with Crippen molar-refractivity contribution in [1.82, 2.24) is 0 Å². The molecule has 0 radical (unpaired) electrons. The van der Waals surface area contributed by atoms with Crippen LogP contribution in [0.5, 0.6) is 0 Å². The molecule has 0 heteroatoms. The van der Waals surface area contributed by atoms with Crippen LogP contribution in [0.15, 0.2) is 0 Å². The Morgan fingerprint density at radius 1 is 0.688 bits per heavy atom. The number of hydrogen-bond acceptors (Lipinski definition) is 0. The van der Waals surface area contributed by atoms with Gasteiger partial charge in [0.2, 0.25) is 0 Å². The van der Waals surface area contributed by atoms with Gasteiger partial charge in [0.15, 0.2) is 0 Å². The van der Waals surface area contributed by atoms with Crippen LogP contribution in [0.25, 0.3) is 0 Å². The van der Waals surface area contributed by atoms with Crippen LogP contribution < -0.4 is 0 Å². The zero-order valence-corrected chi connectivity index (χ0v) is 21.9. The smallest absolute Gasteiger partial charge is 0.0261 e. The Labute approximate surface area is 200 Å². The fraction of sp³-hybridized carbons (Fsp3) is 1.00. The molecule has 0 aromatic carbocycles. The van der Waals surface area contributed by atoms with E-state index in [0.29, 0.717) is 0 Å².